The highest BCUT2D eigenvalue weighted by atomic mass is 32.2. The van der Waals surface area contributed by atoms with Gasteiger partial charge in [0, 0.05) is 17.5 Å². The van der Waals surface area contributed by atoms with Crippen molar-refractivity contribution in [2.24, 2.45) is 0 Å². The summed E-state index contributed by atoms with van der Waals surface area (Å²) in [5.41, 5.74) is 2.56. The summed E-state index contributed by atoms with van der Waals surface area (Å²) in [4.78, 5) is 7.33. The van der Waals surface area contributed by atoms with E-state index in [1.807, 2.05) is 0 Å². The van der Waals surface area contributed by atoms with Gasteiger partial charge in [-0.1, -0.05) is 0 Å². The third-order valence-electron chi connectivity index (χ3n) is 4.85. The van der Waals surface area contributed by atoms with Gasteiger partial charge in [0.05, 0.1) is 42.4 Å². The lowest BCUT2D eigenvalue weighted by Gasteiger charge is -2.17. The van der Waals surface area contributed by atoms with Crippen LogP contribution in [0.2, 0.25) is 0 Å². The van der Waals surface area contributed by atoms with Crippen LogP contribution < -0.4 is 14.2 Å². The van der Waals surface area contributed by atoms with E-state index in [0.29, 0.717) is 47.1 Å². The lowest BCUT2D eigenvalue weighted by molar-refractivity contribution is -0.586. The van der Waals surface area contributed by atoms with E-state index < -0.39 is 10.0 Å². The number of pyridine rings is 2. The van der Waals surface area contributed by atoms with Gasteiger partial charge in [-0.05, 0) is 32.0 Å². The third-order valence-corrected chi connectivity index (χ3v) is 6.16. The van der Waals surface area contributed by atoms with Gasteiger partial charge < -0.3 is 14.7 Å². The van der Waals surface area contributed by atoms with Crippen LogP contribution in [0.4, 0.5) is 5.69 Å². The Morgan fingerprint density at radius 3 is 2.97 bits per heavy atom. The van der Waals surface area contributed by atoms with Crippen LogP contribution in [-0.4, -0.2) is 43.5 Å². The van der Waals surface area contributed by atoms with Crippen molar-refractivity contribution >= 4 is 26.7 Å². The molecule has 154 valence electrons. The van der Waals surface area contributed by atoms with Gasteiger partial charge in [0.2, 0.25) is 15.9 Å². The number of rotatable bonds is 6. The molecule has 9 nitrogen and oxygen atoms in total. The maximum absolute atomic E-state index is 12.4. The highest BCUT2D eigenvalue weighted by molar-refractivity contribution is 7.92. The Labute approximate surface area is 168 Å². The molecule has 1 unspecified atom stereocenters. The molecule has 3 aromatic heterocycles. The number of hydrogen-bond donors (Lipinski definition) is 2. The normalized spacial score (nSPS) is 17.0. The third kappa shape index (κ3) is 3.85. The van der Waals surface area contributed by atoms with Gasteiger partial charge in [-0.15, -0.1) is 0 Å². The second-order valence-electron chi connectivity index (χ2n) is 6.92. The molecular weight excluding hydrogens is 396 g/mol. The molecule has 0 saturated carbocycles. The molecule has 1 fully saturated rings. The van der Waals surface area contributed by atoms with Crippen LogP contribution in [0.1, 0.15) is 19.0 Å². The Bertz CT molecular complexity index is 1150. The van der Waals surface area contributed by atoms with Crippen molar-refractivity contribution in [2.75, 3.05) is 23.7 Å². The number of fused-ring (bicyclic) bond motifs is 1. The van der Waals surface area contributed by atoms with E-state index in [1.165, 1.54) is 6.20 Å². The maximum Gasteiger partial charge on any atom is 0.290 e. The molecular formula is C19H22N4O5S. The number of aromatic amines is 1. The molecule has 4 rings (SSSR count). The molecule has 0 aliphatic carbocycles. The summed E-state index contributed by atoms with van der Waals surface area (Å²) < 4.78 is 38.8. The lowest BCUT2D eigenvalue weighted by atomic mass is 10.0. The summed E-state index contributed by atoms with van der Waals surface area (Å²) in [5.74, 6) is 0.313. The van der Waals surface area contributed by atoms with E-state index in [9.17, 15) is 13.6 Å². The van der Waals surface area contributed by atoms with E-state index in [1.54, 1.807) is 38.2 Å². The molecule has 1 atom stereocenters. The SMILES string of the molecule is CCS(=O)(=O)Nc1cnc(OC2CCOC2)c(-c2cc(C)[n+]([O-])c3[nH]ccc23)c1. The van der Waals surface area contributed by atoms with Crippen molar-refractivity contribution in [3.63, 3.8) is 0 Å². The van der Waals surface area contributed by atoms with Crippen LogP contribution in [0.15, 0.2) is 30.6 Å². The molecule has 0 amide bonds. The number of nitrogens with zero attached hydrogens (tertiary/aromatic N) is 2. The van der Waals surface area contributed by atoms with Crippen LogP contribution in [0.5, 0.6) is 5.88 Å². The summed E-state index contributed by atoms with van der Waals surface area (Å²) in [6.07, 6.45) is 3.74. The quantitative estimate of drug-likeness (QED) is 0.467. The Balaban J connectivity index is 1.86. The zero-order valence-corrected chi connectivity index (χ0v) is 17.0. The van der Waals surface area contributed by atoms with Crippen molar-refractivity contribution in [2.45, 2.75) is 26.4 Å². The predicted octanol–water partition coefficient (Wildman–Crippen LogP) is 2.10. The number of hydrogen-bond acceptors (Lipinski definition) is 6. The van der Waals surface area contributed by atoms with Gasteiger partial charge >= 0.3 is 0 Å². The zero-order valence-electron chi connectivity index (χ0n) is 16.1. The first kappa shape index (κ1) is 19.5. The monoisotopic (exact) mass is 418 g/mol. The summed E-state index contributed by atoms with van der Waals surface area (Å²) in [7, 11) is -3.46. The van der Waals surface area contributed by atoms with Crippen molar-refractivity contribution < 1.29 is 22.6 Å². The largest absolute Gasteiger partial charge is 0.710 e. The molecule has 3 aromatic rings. The van der Waals surface area contributed by atoms with Gasteiger partial charge in [0.1, 0.15) is 11.8 Å². The second-order valence-corrected chi connectivity index (χ2v) is 8.93. The van der Waals surface area contributed by atoms with Gasteiger partial charge in [0.15, 0.2) is 0 Å². The van der Waals surface area contributed by atoms with Crippen LogP contribution in [0.25, 0.3) is 22.2 Å². The van der Waals surface area contributed by atoms with Crippen molar-refractivity contribution in [1.82, 2.24) is 9.97 Å². The van der Waals surface area contributed by atoms with Crippen LogP contribution in [0.3, 0.4) is 0 Å². The van der Waals surface area contributed by atoms with Crippen molar-refractivity contribution in [3.8, 4) is 17.0 Å². The molecule has 29 heavy (non-hydrogen) atoms. The first-order chi connectivity index (χ1) is 13.9. The molecule has 0 bridgehead atoms. The number of nitrogens with one attached hydrogen (secondary N) is 2. The molecule has 2 N–H and O–H groups in total. The average Bonchev–Trinajstić information content (AvgIpc) is 3.38. The fourth-order valence-electron chi connectivity index (χ4n) is 3.30. The van der Waals surface area contributed by atoms with Crippen LogP contribution >= 0.6 is 0 Å². The van der Waals surface area contributed by atoms with Crippen LogP contribution in [0, 0.1) is 12.1 Å². The van der Waals surface area contributed by atoms with Gasteiger partial charge in [0.25, 0.3) is 5.65 Å². The van der Waals surface area contributed by atoms with E-state index in [4.69, 9.17) is 9.47 Å². The Morgan fingerprint density at radius 2 is 2.24 bits per heavy atom. The standard InChI is InChI=1S/C19H22N4O5S/c1-3-29(25,26)22-13-9-17(19(21-10-13)28-14-5-7-27-11-14)16-8-12(2)23(24)18-15(16)4-6-20-18/h4,6,8-10,14,20,22H,3,5,7,11H2,1-2H3. The maximum atomic E-state index is 12.4. The molecule has 1 saturated heterocycles. The lowest BCUT2D eigenvalue weighted by Crippen LogP contribution is -2.31. The highest BCUT2D eigenvalue weighted by Gasteiger charge is 2.23. The topological polar surface area (TPSA) is 120 Å². The Hall–Kier alpha value is -2.85. The van der Waals surface area contributed by atoms with Crippen LogP contribution in [-0.2, 0) is 14.8 Å². The summed E-state index contributed by atoms with van der Waals surface area (Å²) in [5, 5.41) is 13.1. The van der Waals surface area contributed by atoms with Crippen molar-refractivity contribution in [3.05, 3.63) is 41.5 Å². The minimum atomic E-state index is -3.46. The zero-order chi connectivity index (χ0) is 20.6. The molecule has 10 heteroatoms. The molecule has 0 radical (unpaired) electrons. The predicted molar refractivity (Wildman–Crippen MR) is 108 cm³/mol. The Morgan fingerprint density at radius 1 is 1.41 bits per heavy atom. The summed E-state index contributed by atoms with van der Waals surface area (Å²) >= 11 is 0. The minimum absolute atomic E-state index is 0.0529. The number of aryl methyl sites for hydroxylation is 1. The number of aromatic nitrogens is 3. The summed E-state index contributed by atoms with van der Waals surface area (Å²) in [6, 6.07) is 5.22. The van der Waals surface area contributed by atoms with Crippen molar-refractivity contribution in [1.29, 1.82) is 0 Å². The molecule has 4 heterocycles. The number of ether oxygens (including phenoxy) is 2. The number of sulfonamides is 1. The first-order valence-corrected chi connectivity index (χ1v) is 11.0. The van der Waals surface area contributed by atoms with Gasteiger partial charge in [-0.25, -0.2) is 23.1 Å². The smallest absolute Gasteiger partial charge is 0.290 e. The minimum Gasteiger partial charge on any atom is -0.710 e. The van der Waals surface area contributed by atoms with E-state index in [0.717, 1.165) is 16.7 Å². The molecule has 0 aromatic carbocycles. The Kier molecular flexibility index (Phi) is 5.05. The van der Waals surface area contributed by atoms with E-state index in [-0.39, 0.29) is 11.9 Å². The summed E-state index contributed by atoms with van der Waals surface area (Å²) in [6.45, 7) is 4.36. The van der Waals surface area contributed by atoms with Gasteiger partial charge in [-0.2, -0.15) is 0 Å². The first-order valence-electron chi connectivity index (χ1n) is 9.33. The fourth-order valence-corrected chi connectivity index (χ4v) is 3.92. The highest BCUT2D eigenvalue weighted by Crippen LogP contribution is 2.36. The van der Waals surface area contributed by atoms with E-state index >= 15 is 0 Å². The molecule has 1 aliphatic rings. The average molecular weight is 418 g/mol. The second kappa shape index (κ2) is 7.53. The van der Waals surface area contributed by atoms with E-state index in [2.05, 4.69) is 14.7 Å². The van der Waals surface area contributed by atoms with Gasteiger partial charge in [-0.3, -0.25) is 4.72 Å². The number of H-pyrrole nitrogens is 1. The number of anilines is 1. The fraction of sp³-hybridized carbons (Fsp3) is 0.368. The molecule has 1 aliphatic heterocycles. The molecule has 0 spiro atoms.